The molecule has 190 valence electrons. The van der Waals surface area contributed by atoms with E-state index in [1.165, 1.54) is 12.1 Å². The molecule has 0 aliphatic heterocycles. The van der Waals surface area contributed by atoms with E-state index in [1.807, 2.05) is 0 Å². The quantitative estimate of drug-likeness (QED) is 0.197. The number of carbonyl (C=O) groups excluding carboxylic acids is 2. The van der Waals surface area contributed by atoms with E-state index in [0.29, 0.717) is 12.1 Å². The largest absolute Gasteiger partial charge is 0.481 e. The van der Waals surface area contributed by atoms with Gasteiger partial charge in [-0.3, -0.25) is 28.0 Å². The predicted molar refractivity (Wildman–Crippen MR) is 128 cm³/mol. The molecule has 10 nitrogen and oxygen atoms in total. The summed E-state index contributed by atoms with van der Waals surface area (Å²) in [4.78, 5) is 35.3. The van der Waals surface area contributed by atoms with E-state index in [0.717, 1.165) is 5.56 Å². The molecule has 0 aromatic heterocycles. The van der Waals surface area contributed by atoms with Crippen LogP contribution in [0.15, 0.2) is 48.5 Å². The summed E-state index contributed by atoms with van der Waals surface area (Å²) < 4.78 is 33.1. The standard InChI is InChI=1S/C24H30NO9P/c1-3-31-35(30,32-4-2)33-17-16-18-12-14-19(15-13-18)25-24(29)20-8-5-6-9-21(20)34-23(28)11-7-10-22(26)27/h5-6,8-9,12-15H,3-4,7,10-11,16-17H2,1-2H3,(H,25,29)(H,26,27). The number of amides is 1. The first kappa shape index (κ1) is 28.2. The number of carboxylic acid groups (broad SMARTS) is 1. The van der Waals surface area contributed by atoms with Crippen LogP contribution in [0.2, 0.25) is 0 Å². The highest BCUT2D eigenvalue weighted by molar-refractivity contribution is 7.48. The molecule has 0 heterocycles. The number of esters is 1. The highest BCUT2D eigenvalue weighted by atomic mass is 31.2. The van der Waals surface area contributed by atoms with Crippen LogP contribution in [0.5, 0.6) is 5.75 Å². The Labute approximate surface area is 204 Å². The number of aliphatic carboxylic acids is 1. The Morgan fingerprint density at radius 3 is 2.20 bits per heavy atom. The fourth-order valence-electron chi connectivity index (χ4n) is 2.96. The lowest BCUT2D eigenvalue weighted by atomic mass is 10.1. The molecular weight excluding hydrogens is 477 g/mol. The molecule has 0 atom stereocenters. The number of carbonyl (C=O) groups is 3. The second-order valence-electron chi connectivity index (χ2n) is 7.23. The van der Waals surface area contributed by atoms with Crippen LogP contribution in [0, 0.1) is 0 Å². The van der Waals surface area contributed by atoms with E-state index in [4.69, 9.17) is 23.4 Å². The molecule has 0 radical (unpaired) electrons. The van der Waals surface area contributed by atoms with Gasteiger partial charge in [-0.2, -0.15) is 0 Å². The molecule has 2 aromatic rings. The Morgan fingerprint density at radius 2 is 1.57 bits per heavy atom. The van der Waals surface area contributed by atoms with Gasteiger partial charge in [-0.15, -0.1) is 0 Å². The lowest BCUT2D eigenvalue weighted by Crippen LogP contribution is -2.16. The van der Waals surface area contributed by atoms with E-state index >= 15 is 0 Å². The van der Waals surface area contributed by atoms with Crippen LogP contribution in [0.25, 0.3) is 0 Å². The summed E-state index contributed by atoms with van der Waals surface area (Å²) in [7, 11) is -3.56. The minimum absolute atomic E-state index is 0.0714. The van der Waals surface area contributed by atoms with Gasteiger partial charge < -0.3 is 15.2 Å². The topological polar surface area (TPSA) is 137 Å². The van der Waals surface area contributed by atoms with Crippen LogP contribution in [0.1, 0.15) is 49.0 Å². The van der Waals surface area contributed by atoms with Crippen LogP contribution in [-0.4, -0.2) is 42.8 Å². The van der Waals surface area contributed by atoms with Gasteiger partial charge in [0, 0.05) is 18.5 Å². The molecule has 0 fully saturated rings. The van der Waals surface area contributed by atoms with Crippen molar-refractivity contribution in [3.63, 3.8) is 0 Å². The number of phosphoric acid groups is 1. The molecule has 2 rings (SSSR count). The molecule has 0 bridgehead atoms. The first-order valence-corrected chi connectivity index (χ1v) is 12.7. The molecule has 11 heteroatoms. The second kappa shape index (κ2) is 14.4. The SMILES string of the molecule is CCOP(=O)(OCC)OCCc1ccc(NC(=O)c2ccccc2OC(=O)CCCC(=O)O)cc1. The number of carboxylic acids is 1. The number of ether oxygens (including phenoxy) is 1. The van der Waals surface area contributed by atoms with Gasteiger partial charge in [-0.1, -0.05) is 24.3 Å². The first-order valence-electron chi connectivity index (χ1n) is 11.2. The maximum atomic E-state index is 12.8. The van der Waals surface area contributed by atoms with Crippen molar-refractivity contribution in [2.75, 3.05) is 25.1 Å². The maximum Gasteiger partial charge on any atom is 0.474 e. The van der Waals surface area contributed by atoms with Crippen LogP contribution < -0.4 is 10.1 Å². The van der Waals surface area contributed by atoms with Crippen molar-refractivity contribution < 1.29 is 42.4 Å². The van der Waals surface area contributed by atoms with Crippen LogP contribution in [0.3, 0.4) is 0 Å². The number of rotatable bonds is 15. The van der Waals surface area contributed by atoms with Gasteiger partial charge in [0.1, 0.15) is 5.75 Å². The van der Waals surface area contributed by atoms with Gasteiger partial charge in [0.25, 0.3) is 5.91 Å². The van der Waals surface area contributed by atoms with E-state index in [2.05, 4.69) is 5.32 Å². The fourth-order valence-corrected chi connectivity index (χ4v) is 4.13. The molecular formula is C24H30NO9P. The van der Waals surface area contributed by atoms with E-state index in [1.54, 1.807) is 50.2 Å². The zero-order valence-corrected chi connectivity index (χ0v) is 20.6. The smallest absolute Gasteiger partial charge is 0.474 e. The molecule has 2 N–H and O–H groups in total. The molecule has 2 aromatic carbocycles. The summed E-state index contributed by atoms with van der Waals surface area (Å²) in [6.45, 7) is 3.95. The molecule has 0 unspecified atom stereocenters. The lowest BCUT2D eigenvalue weighted by molar-refractivity contribution is -0.137. The third-order valence-corrected chi connectivity index (χ3v) is 6.20. The lowest BCUT2D eigenvalue weighted by Gasteiger charge is -2.16. The van der Waals surface area contributed by atoms with Gasteiger partial charge in [0.05, 0.1) is 25.4 Å². The van der Waals surface area contributed by atoms with E-state index in [9.17, 15) is 18.9 Å². The molecule has 0 aliphatic rings. The number of benzene rings is 2. The zero-order chi connectivity index (χ0) is 25.7. The van der Waals surface area contributed by atoms with Crippen LogP contribution >= 0.6 is 7.82 Å². The first-order chi connectivity index (χ1) is 16.8. The zero-order valence-electron chi connectivity index (χ0n) is 19.7. The Bertz CT molecular complexity index is 1030. The van der Waals surface area contributed by atoms with Crippen molar-refractivity contribution >= 4 is 31.4 Å². The third kappa shape index (κ3) is 10.00. The molecule has 35 heavy (non-hydrogen) atoms. The molecule has 0 spiro atoms. The van der Waals surface area contributed by atoms with Crippen molar-refractivity contribution in [1.29, 1.82) is 0 Å². The summed E-state index contributed by atoms with van der Waals surface area (Å²) in [5.74, 6) is -1.99. The van der Waals surface area contributed by atoms with Crippen molar-refractivity contribution in [1.82, 2.24) is 0 Å². The highest BCUT2D eigenvalue weighted by Crippen LogP contribution is 2.49. The highest BCUT2D eigenvalue weighted by Gasteiger charge is 2.24. The van der Waals surface area contributed by atoms with Crippen molar-refractivity contribution in [2.45, 2.75) is 39.5 Å². The number of phosphoric ester groups is 1. The minimum Gasteiger partial charge on any atom is -0.481 e. The number of anilines is 1. The Balaban J connectivity index is 1.93. The van der Waals surface area contributed by atoms with Gasteiger partial charge in [0.15, 0.2) is 0 Å². The van der Waals surface area contributed by atoms with Gasteiger partial charge in [0.2, 0.25) is 0 Å². The molecule has 0 aliphatic carbocycles. The summed E-state index contributed by atoms with van der Waals surface area (Å²) in [5.41, 5.74) is 1.58. The average Bonchev–Trinajstić information content (AvgIpc) is 2.80. The third-order valence-electron chi connectivity index (χ3n) is 4.55. The van der Waals surface area contributed by atoms with Crippen molar-refractivity contribution in [3.05, 3.63) is 59.7 Å². The van der Waals surface area contributed by atoms with Gasteiger partial charge >= 0.3 is 19.8 Å². The predicted octanol–water partition coefficient (Wildman–Crippen LogP) is 4.84. The maximum absolute atomic E-state index is 12.8. The van der Waals surface area contributed by atoms with Crippen LogP contribution in [-0.2, 0) is 34.1 Å². The normalized spacial score (nSPS) is 11.1. The molecule has 0 saturated carbocycles. The number of hydrogen-bond acceptors (Lipinski definition) is 8. The van der Waals surface area contributed by atoms with Crippen molar-refractivity contribution in [2.24, 2.45) is 0 Å². The van der Waals surface area contributed by atoms with Crippen LogP contribution in [0.4, 0.5) is 5.69 Å². The summed E-state index contributed by atoms with van der Waals surface area (Å²) in [6, 6.07) is 13.3. The number of nitrogens with one attached hydrogen (secondary N) is 1. The Morgan fingerprint density at radius 1 is 0.914 bits per heavy atom. The number of hydrogen-bond donors (Lipinski definition) is 2. The second-order valence-corrected chi connectivity index (χ2v) is 8.90. The van der Waals surface area contributed by atoms with Gasteiger partial charge in [-0.25, -0.2) is 4.57 Å². The summed E-state index contributed by atoms with van der Waals surface area (Å²) >= 11 is 0. The van der Waals surface area contributed by atoms with Gasteiger partial charge in [-0.05, 0) is 56.5 Å². The fraction of sp³-hybridized carbons (Fsp3) is 0.375. The van der Waals surface area contributed by atoms with E-state index < -0.39 is 25.7 Å². The monoisotopic (exact) mass is 507 g/mol. The Hall–Kier alpha value is -3.04. The molecule has 1 amide bonds. The Kier molecular flexibility index (Phi) is 11.6. The summed E-state index contributed by atoms with van der Waals surface area (Å²) in [6.07, 6.45) is 0.392. The average molecular weight is 507 g/mol. The number of para-hydroxylation sites is 1. The van der Waals surface area contributed by atoms with E-state index in [-0.39, 0.29) is 50.4 Å². The minimum atomic E-state index is -3.56. The van der Waals surface area contributed by atoms with Crippen molar-refractivity contribution in [3.8, 4) is 5.75 Å². The molecule has 0 saturated heterocycles. The summed E-state index contributed by atoms with van der Waals surface area (Å²) in [5, 5.41) is 11.4.